The highest BCUT2D eigenvalue weighted by Gasteiger charge is 1.84. The van der Waals surface area contributed by atoms with Gasteiger partial charge in [0.05, 0.1) is 0 Å². The van der Waals surface area contributed by atoms with Crippen LogP contribution in [0.2, 0.25) is 0 Å². The van der Waals surface area contributed by atoms with Gasteiger partial charge in [-0.15, -0.1) is 0 Å². The molecule has 0 aromatic heterocycles. The summed E-state index contributed by atoms with van der Waals surface area (Å²) >= 11 is 0. The lowest BCUT2D eigenvalue weighted by atomic mass is 10.4. The van der Waals surface area contributed by atoms with E-state index in [1.54, 1.807) is 0 Å². The van der Waals surface area contributed by atoms with Gasteiger partial charge in [-0.25, -0.2) is 4.52 Å². The summed E-state index contributed by atoms with van der Waals surface area (Å²) in [6, 6.07) is 10.3. The maximum absolute atomic E-state index is 4.24. The van der Waals surface area contributed by atoms with Gasteiger partial charge in [-0.2, -0.15) is 0 Å². The molecule has 1 atom stereocenters. The van der Waals surface area contributed by atoms with Crippen molar-refractivity contribution in [2.24, 2.45) is 4.52 Å². The van der Waals surface area contributed by atoms with E-state index in [4.69, 9.17) is 0 Å². The molecule has 1 unspecified atom stereocenters. The number of hydrogen-bond acceptors (Lipinski definition) is 1. The highest BCUT2D eigenvalue weighted by atomic mass is 31.1. The Kier molecular flexibility index (Phi) is 3.57. The minimum absolute atomic E-state index is 0.617. The molecular formula is C7H9NP2. The summed E-state index contributed by atoms with van der Waals surface area (Å²) in [7, 11) is 1.74. The SMILES string of the molecule is CP=NPc1ccccc1. The van der Waals surface area contributed by atoms with E-state index in [0.717, 1.165) is 8.37 Å². The Labute approximate surface area is 64.6 Å². The van der Waals surface area contributed by atoms with E-state index < -0.39 is 0 Å². The molecule has 52 valence electrons. The van der Waals surface area contributed by atoms with E-state index >= 15 is 0 Å². The standard InChI is InChI=1S/C7H9NP2/c1-9-8-10-7-5-3-2-4-6-7/h2-6,10H,1H3. The van der Waals surface area contributed by atoms with Gasteiger partial charge < -0.3 is 0 Å². The second-order valence-electron chi connectivity index (χ2n) is 1.78. The molecule has 0 aliphatic rings. The summed E-state index contributed by atoms with van der Waals surface area (Å²) in [4.78, 5) is 0. The molecule has 0 heterocycles. The van der Waals surface area contributed by atoms with Crippen LogP contribution in [0.25, 0.3) is 0 Å². The molecule has 0 N–H and O–H groups in total. The molecule has 3 heteroatoms. The van der Waals surface area contributed by atoms with Crippen LogP contribution in [-0.2, 0) is 0 Å². The maximum atomic E-state index is 4.24. The molecule has 1 aromatic carbocycles. The van der Waals surface area contributed by atoms with Gasteiger partial charge in [-0.3, -0.25) is 0 Å². The van der Waals surface area contributed by atoms with Crippen LogP contribution < -0.4 is 5.30 Å². The minimum Gasteiger partial charge on any atom is -0.244 e. The Bertz CT molecular complexity index is 208. The first-order valence-corrected chi connectivity index (χ1v) is 5.27. The summed E-state index contributed by atoms with van der Waals surface area (Å²) in [6.45, 7) is 2.04. The zero-order valence-corrected chi connectivity index (χ0v) is 7.68. The fourth-order valence-electron chi connectivity index (χ4n) is 0.620. The van der Waals surface area contributed by atoms with Gasteiger partial charge in [-0.05, 0) is 12.0 Å². The quantitative estimate of drug-likeness (QED) is 0.603. The lowest BCUT2D eigenvalue weighted by Gasteiger charge is -1.91. The summed E-state index contributed by atoms with van der Waals surface area (Å²) in [5.41, 5.74) is 0. The molecule has 0 fully saturated rings. The van der Waals surface area contributed by atoms with Crippen molar-refractivity contribution in [2.45, 2.75) is 0 Å². The molecule has 10 heavy (non-hydrogen) atoms. The summed E-state index contributed by atoms with van der Waals surface area (Å²) in [6.07, 6.45) is 0. The molecule has 0 aliphatic heterocycles. The van der Waals surface area contributed by atoms with E-state index in [1.807, 2.05) is 24.9 Å². The van der Waals surface area contributed by atoms with Crippen LogP contribution in [-0.4, -0.2) is 6.66 Å². The molecule has 0 amide bonds. The highest BCUT2D eigenvalue weighted by Crippen LogP contribution is 2.15. The van der Waals surface area contributed by atoms with E-state index in [-0.39, 0.29) is 0 Å². The average Bonchev–Trinajstić information content (AvgIpc) is 2.03. The molecule has 0 radical (unpaired) electrons. The van der Waals surface area contributed by atoms with Crippen molar-refractivity contribution in [1.82, 2.24) is 0 Å². The normalized spacial score (nSPS) is 11.7. The van der Waals surface area contributed by atoms with Gasteiger partial charge >= 0.3 is 0 Å². The molecule has 0 bridgehead atoms. The third-order valence-electron chi connectivity index (χ3n) is 1.05. The van der Waals surface area contributed by atoms with Crippen LogP contribution in [0.15, 0.2) is 34.8 Å². The van der Waals surface area contributed by atoms with E-state index in [1.165, 1.54) is 5.30 Å². The first-order chi connectivity index (χ1) is 4.93. The molecule has 0 saturated heterocycles. The van der Waals surface area contributed by atoms with E-state index in [0.29, 0.717) is 8.73 Å². The third-order valence-corrected chi connectivity index (χ3v) is 2.84. The number of hydrogen-bond donors (Lipinski definition) is 0. The number of rotatable bonds is 2. The van der Waals surface area contributed by atoms with Crippen LogP contribution in [0, 0.1) is 0 Å². The summed E-state index contributed by atoms with van der Waals surface area (Å²) in [5, 5.41) is 1.32. The van der Waals surface area contributed by atoms with Crippen molar-refractivity contribution >= 4 is 22.4 Å². The second kappa shape index (κ2) is 4.55. The molecule has 0 saturated carbocycles. The fraction of sp³-hybridized carbons (Fsp3) is 0.143. The van der Waals surface area contributed by atoms with Gasteiger partial charge in [0.2, 0.25) is 0 Å². The predicted molar refractivity (Wildman–Crippen MR) is 49.7 cm³/mol. The highest BCUT2D eigenvalue weighted by molar-refractivity contribution is 7.51. The van der Waals surface area contributed by atoms with Crippen molar-refractivity contribution < 1.29 is 0 Å². The molecule has 1 nitrogen and oxygen atoms in total. The third kappa shape index (κ3) is 2.56. The van der Waals surface area contributed by atoms with Gasteiger partial charge in [0.25, 0.3) is 0 Å². The predicted octanol–water partition coefficient (Wildman–Crippen LogP) is 2.67. The monoisotopic (exact) mass is 169 g/mol. The Balaban J connectivity index is 2.59. The van der Waals surface area contributed by atoms with Gasteiger partial charge in [0, 0.05) is 17.1 Å². The smallest absolute Gasteiger partial charge is 0.0373 e. The zero-order valence-electron chi connectivity index (χ0n) is 5.78. The largest absolute Gasteiger partial charge is 0.244 e. The summed E-state index contributed by atoms with van der Waals surface area (Å²) < 4.78 is 4.24. The van der Waals surface area contributed by atoms with Crippen LogP contribution >= 0.6 is 17.1 Å². The van der Waals surface area contributed by atoms with Crippen LogP contribution in [0.1, 0.15) is 0 Å². The van der Waals surface area contributed by atoms with Crippen molar-refractivity contribution in [3.05, 3.63) is 30.3 Å². The first-order valence-electron chi connectivity index (χ1n) is 3.03. The Hall–Kier alpha value is -0.250. The topological polar surface area (TPSA) is 12.4 Å². The minimum atomic E-state index is 0.617. The fourth-order valence-corrected chi connectivity index (χ4v) is 1.82. The second-order valence-corrected chi connectivity index (χ2v) is 3.78. The Morgan fingerprint density at radius 1 is 1.30 bits per heavy atom. The summed E-state index contributed by atoms with van der Waals surface area (Å²) in [5.74, 6) is 0. The van der Waals surface area contributed by atoms with E-state index in [2.05, 4.69) is 16.6 Å². The van der Waals surface area contributed by atoms with Crippen molar-refractivity contribution in [3.8, 4) is 0 Å². The lowest BCUT2D eigenvalue weighted by Crippen LogP contribution is -1.87. The van der Waals surface area contributed by atoms with Crippen LogP contribution in [0.5, 0.6) is 0 Å². The Morgan fingerprint density at radius 2 is 2.00 bits per heavy atom. The number of benzene rings is 1. The van der Waals surface area contributed by atoms with Crippen LogP contribution in [0.3, 0.4) is 0 Å². The molecule has 0 spiro atoms. The average molecular weight is 169 g/mol. The Morgan fingerprint density at radius 3 is 2.60 bits per heavy atom. The van der Waals surface area contributed by atoms with Crippen molar-refractivity contribution in [2.75, 3.05) is 6.66 Å². The van der Waals surface area contributed by atoms with Crippen molar-refractivity contribution in [1.29, 1.82) is 0 Å². The van der Waals surface area contributed by atoms with Gasteiger partial charge in [0.15, 0.2) is 0 Å². The molecular weight excluding hydrogens is 160 g/mol. The van der Waals surface area contributed by atoms with Gasteiger partial charge in [0.1, 0.15) is 0 Å². The zero-order chi connectivity index (χ0) is 7.23. The first kappa shape index (κ1) is 7.85. The van der Waals surface area contributed by atoms with Crippen LogP contribution in [0.4, 0.5) is 0 Å². The van der Waals surface area contributed by atoms with E-state index in [9.17, 15) is 0 Å². The molecule has 0 aliphatic carbocycles. The van der Waals surface area contributed by atoms with Crippen molar-refractivity contribution in [3.63, 3.8) is 0 Å². The maximum Gasteiger partial charge on any atom is 0.0373 e. The van der Waals surface area contributed by atoms with Gasteiger partial charge in [-0.1, -0.05) is 30.3 Å². The molecule has 1 rings (SSSR count). The molecule has 1 aromatic rings. The number of nitrogens with zero attached hydrogens (tertiary/aromatic N) is 1. The lowest BCUT2D eigenvalue weighted by molar-refractivity contribution is 1.77.